The van der Waals surface area contributed by atoms with E-state index in [1.165, 1.54) is 31.2 Å². The van der Waals surface area contributed by atoms with Crippen LogP contribution in [-0.2, 0) is 19.6 Å². The number of carbonyl (C=O) groups is 2. The van der Waals surface area contributed by atoms with Crippen LogP contribution >= 0.6 is 0 Å². The van der Waals surface area contributed by atoms with Gasteiger partial charge >= 0.3 is 0 Å². The molecule has 1 aromatic carbocycles. The van der Waals surface area contributed by atoms with Gasteiger partial charge in [0.15, 0.2) is 5.78 Å². The Labute approximate surface area is 149 Å². The van der Waals surface area contributed by atoms with Crippen LogP contribution in [0.25, 0.3) is 0 Å². The number of ketones is 1. The Kier molecular flexibility index (Phi) is 8.74. The van der Waals surface area contributed by atoms with E-state index in [0.29, 0.717) is 25.1 Å². The molecule has 25 heavy (non-hydrogen) atoms. The van der Waals surface area contributed by atoms with Gasteiger partial charge in [-0.25, -0.2) is 13.1 Å². The molecule has 0 aromatic heterocycles. The van der Waals surface area contributed by atoms with Crippen LogP contribution in [0.2, 0.25) is 0 Å². The highest BCUT2D eigenvalue weighted by atomic mass is 32.2. The van der Waals surface area contributed by atoms with E-state index in [0.717, 1.165) is 0 Å². The third kappa shape index (κ3) is 8.24. The first-order chi connectivity index (χ1) is 11.7. The molecule has 0 spiro atoms. The minimum absolute atomic E-state index is 0.00508. The third-order valence-corrected chi connectivity index (χ3v) is 4.79. The van der Waals surface area contributed by atoms with E-state index in [2.05, 4.69) is 10.0 Å². The Morgan fingerprint density at radius 1 is 1.12 bits per heavy atom. The van der Waals surface area contributed by atoms with Crippen molar-refractivity contribution in [3.05, 3.63) is 29.8 Å². The Morgan fingerprint density at radius 2 is 1.76 bits per heavy atom. The first-order valence-electron chi connectivity index (χ1n) is 8.21. The maximum absolute atomic E-state index is 12.1. The molecular weight excluding hydrogens is 344 g/mol. The number of nitrogens with one attached hydrogen (secondary N) is 2. The van der Waals surface area contributed by atoms with Crippen molar-refractivity contribution in [1.82, 2.24) is 10.0 Å². The summed E-state index contributed by atoms with van der Waals surface area (Å²) in [6, 6.07) is 5.66. The number of amides is 1. The summed E-state index contributed by atoms with van der Waals surface area (Å²) in [5.74, 6) is -0.355. The van der Waals surface area contributed by atoms with Crippen molar-refractivity contribution in [1.29, 1.82) is 0 Å². The van der Waals surface area contributed by atoms with Crippen molar-refractivity contribution < 1.29 is 22.7 Å². The maximum atomic E-state index is 12.1. The summed E-state index contributed by atoms with van der Waals surface area (Å²) >= 11 is 0. The molecule has 140 valence electrons. The molecule has 0 saturated heterocycles. The molecular formula is C17H26N2O5S. The van der Waals surface area contributed by atoms with E-state index >= 15 is 0 Å². The van der Waals surface area contributed by atoms with Crippen LogP contribution in [0, 0.1) is 0 Å². The van der Waals surface area contributed by atoms with Crippen molar-refractivity contribution in [3.8, 4) is 0 Å². The summed E-state index contributed by atoms with van der Waals surface area (Å²) in [5, 5.41) is 2.71. The van der Waals surface area contributed by atoms with E-state index in [-0.39, 0.29) is 35.7 Å². The number of Topliss-reactive ketones (excluding diaryl/α,β-unsaturated/α-hetero) is 1. The van der Waals surface area contributed by atoms with Crippen molar-refractivity contribution in [2.24, 2.45) is 0 Å². The number of rotatable bonds is 11. The van der Waals surface area contributed by atoms with E-state index in [1.807, 2.05) is 13.8 Å². The van der Waals surface area contributed by atoms with Crippen molar-refractivity contribution >= 4 is 21.7 Å². The molecule has 0 aliphatic heterocycles. The molecule has 0 aliphatic rings. The Hall–Kier alpha value is -1.77. The van der Waals surface area contributed by atoms with Gasteiger partial charge < -0.3 is 10.1 Å². The zero-order valence-corrected chi connectivity index (χ0v) is 15.7. The van der Waals surface area contributed by atoms with Gasteiger partial charge in [-0.05, 0) is 39.3 Å². The molecule has 0 fully saturated rings. The van der Waals surface area contributed by atoms with Crippen LogP contribution in [0.4, 0.5) is 0 Å². The van der Waals surface area contributed by atoms with Gasteiger partial charge in [-0.1, -0.05) is 12.1 Å². The van der Waals surface area contributed by atoms with Gasteiger partial charge in [0, 0.05) is 31.7 Å². The normalized spacial score (nSPS) is 11.5. The molecule has 0 heterocycles. The van der Waals surface area contributed by atoms with Gasteiger partial charge in [0.25, 0.3) is 0 Å². The molecule has 0 saturated carbocycles. The lowest BCUT2D eigenvalue weighted by Crippen LogP contribution is -2.31. The highest BCUT2D eigenvalue weighted by molar-refractivity contribution is 7.89. The van der Waals surface area contributed by atoms with Crippen LogP contribution in [-0.4, -0.2) is 45.9 Å². The SMILES string of the molecule is CC(=O)c1ccc(S(=O)(=O)NCCC(=O)NCCCOC(C)C)cc1. The van der Waals surface area contributed by atoms with Crippen LogP contribution < -0.4 is 10.0 Å². The molecule has 0 bridgehead atoms. The quantitative estimate of drug-likeness (QED) is 0.454. The second kappa shape index (κ2) is 10.3. The van der Waals surface area contributed by atoms with Crippen molar-refractivity contribution in [2.75, 3.05) is 19.7 Å². The largest absolute Gasteiger partial charge is 0.379 e. The van der Waals surface area contributed by atoms with Gasteiger partial charge in [0.1, 0.15) is 0 Å². The molecule has 1 aromatic rings. The topological polar surface area (TPSA) is 102 Å². The lowest BCUT2D eigenvalue weighted by molar-refractivity contribution is -0.120. The minimum atomic E-state index is -3.70. The van der Waals surface area contributed by atoms with E-state index < -0.39 is 10.0 Å². The second-order valence-electron chi connectivity index (χ2n) is 5.85. The molecule has 7 nitrogen and oxygen atoms in total. The lowest BCUT2D eigenvalue weighted by atomic mass is 10.2. The molecule has 8 heteroatoms. The molecule has 0 atom stereocenters. The van der Waals surface area contributed by atoms with Crippen LogP contribution in [0.1, 0.15) is 44.0 Å². The fourth-order valence-corrected chi connectivity index (χ4v) is 2.99. The summed E-state index contributed by atoms with van der Waals surface area (Å²) in [4.78, 5) is 22.9. The van der Waals surface area contributed by atoms with E-state index in [9.17, 15) is 18.0 Å². The highest BCUT2D eigenvalue weighted by Crippen LogP contribution is 2.10. The number of ether oxygens (including phenoxy) is 1. The molecule has 0 unspecified atom stereocenters. The number of benzene rings is 1. The smallest absolute Gasteiger partial charge is 0.240 e. The molecule has 0 aliphatic carbocycles. The fraction of sp³-hybridized carbons (Fsp3) is 0.529. The summed E-state index contributed by atoms with van der Waals surface area (Å²) in [5.41, 5.74) is 0.444. The van der Waals surface area contributed by atoms with Gasteiger partial charge in [0.2, 0.25) is 15.9 Å². The predicted molar refractivity (Wildman–Crippen MR) is 95.0 cm³/mol. The summed E-state index contributed by atoms with van der Waals surface area (Å²) in [6.07, 6.45) is 0.920. The Bertz CT molecular complexity index is 669. The number of hydrogen-bond acceptors (Lipinski definition) is 5. The fourth-order valence-electron chi connectivity index (χ4n) is 1.96. The van der Waals surface area contributed by atoms with Crippen LogP contribution in [0.5, 0.6) is 0 Å². The summed E-state index contributed by atoms with van der Waals surface area (Å²) < 4.78 is 32.0. The van der Waals surface area contributed by atoms with Crippen LogP contribution in [0.15, 0.2) is 29.2 Å². The second-order valence-corrected chi connectivity index (χ2v) is 7.62. The van der Waals surface area contributed by atoms with Crippen LogP contribution in [0.3, 0.4) is 0 Å². The Morgan fingerprint density at radius 3 is 2.32 bits per heavy atom. The number of carbonyl (C=O) groups excluding carboxylic acids is 2. The van der Waals surface area contributed by atoms with Gasteiger partial charge in [-0.15, -0.1) is 0 Å². The van der Waals surface area contributed by atoms with Crippen molar-refractivity contribution in [3.63, 3.8) is 0 Å². The molecule has 2 N–H and O–H groups in total. The van der Waals surface area contributed by atoms with Gasteiger partial charge in [-0.3, -0.25) is 9.59 Å². The molecule has 1 rings (SSSR count). The number of hydrogen-bond donors (Lipinski definition) is 2. The standard InChI is InChI=1S/C17H26N2O5S/c1-13(2)24-12-4-10-18-17(21)9-11-19-25(22,23)16-7-5-15(6-8-16)14(3)20/h5-8,13,19H,4,9-12H2,1-3H3,(H,18,21). The zero-order valence-electron chi connectivity index (χ0n) is 14.9. The summed E-state index contributed by atoms with van der Waals surface area (Å²) in [6.45, 7) is 6.36. The highest BCUT2D eigenvalue weighted by Gasteiger charge is 2.14. The zero-order chi connectivity index (χ0) is 18.9. The first kappa shape index (κ1) is 21.3. The number of sulfonamides is 1. The average Bonchev–Trinajstić information content (AvgIpc) is 2.54. The predicted octanol–water partition coefficient (Wildman–Crippen LogP) is 1.49. The molecule has 0 radical (unpaired) electrons. The molecule has 1 amide bonds. The lowest BCUT2D eigenvalue weighted by Gasteiger charge is -2.09. The first-order valence-corrected chi connectivity index (χ1v) is 9.69. The third-order valence-electron chi connectivity index (χ3n) is 3.31. The maximum Gasteiger partial charge on any atom is 0.240 e. The minimum Gasteiger partial charge on any atom is -0.379 e. The van der Waals surface area contributed by atoms with E-state index in [1.54, 1.807) is 0 Å². The van der Waals surface area contributed by atoms with Crippen molar-refractivity contribution in [2.45, 2.75) is 44.6 Å². The Balaban J connectivity index is 2.34. The van der Waals surface area contributed by atoms with Gasteiger partial charge in [0.05, 0.1) is 11.0 Å². The van der Waals surface area contributed by atoms with Gasteiger partial charge in [-0.2, -0.15) is 0 Å². The van der Waals surface area contributed by atoms with E-state index in [4.69, 9.17) is 4.74 Å². The summed E-state index contributed by atoms with van der Waals surface area (Å²) in [7, 11) is -3.70. The average molecular weight is 370 g/mol. The monoisotopic (exact) mass is 370 g/mol.